The maximum atomic E-state index is 12.9. The second kappa shape index (κ2) is 9.41. The van der Waals surface area contributed by atoms with E-state index in [0.29, 0.717) is 37.0 Å². The van der Waals surface area contributed by atoms with Gasteiger partial charge in [-0.3, -0.25) is 14.1 Å². The molecule has 0 atom stereocenters. The van der Waals surface area contributed by atoms with Crippen molar-refractivity contribution in [3.05, 3.63) is 70.8 Å². The Morgan fingerprint density at radius 2 is 1.82 bits per heavy atom. The third-order valence-corrected chi connectivity index (χ3v) is 5.30. The molecular formula is C21H24N4O2S. The fraction of sp³-hybridized carbons (Fsp3) is 0.286. The van der Waals surface area contributed by atoms with E-state index in [9.17, 15) is 9.59 Å². The monoisotopic (exact) mass is 396 g/mol. The molecule has 3 rings (SSSR count). The molecule has 0 fully saturated rings. The number of benzene rings is 2. The first-order valence-corrected chi connectivity index (χ1v) is 10.2. The Morgan fingerprint density at radius 1 is 1.11 bits per heavy atom. The molecule has 146 valence electrons. The van der Waals surface area contributed by atoms with Gasteiger partial charge in [-0.25, -0.2) is 9.78 Å². The molecule has 1 aromatic heterocycles. The molecule has 0 aliphatic heterocycles. The second-order valence-corrected chi connectivity index (χ2v) is 7.14. The van der Waals surface area contributed by atoms with Crippen LogP contribution in [0.15, 0.2) is 64.3 Å². The summed E-state index contributed by atoms with van der Waals surface area (Å²) in [5.74, 6) is 0.735. The van der Waals surface area contributed by atoms with Crippen molar-refractivity contribution in [3.63, 3.8) is 0 Å². The minimum absolute atomic E-state index is 0.0578. The largest absolute Gasteiger partial charge is 0.327 e. The zero-order chi connectivity index (χ0) is 19.9. The van der Waals surface area contributed by atoms with Crippen LogP contribution in [0.5, 0.6) is 0 Å². The summed E-state index contributed by atoms with van der Waals surface area (Å²) < 4.78 is 4.54. The molecular weight excluding hydrogens is 372 g/mol. The number of hydrogen-bond donors (Lipinski definition) is 1. The molecule has 6 nitrogen and oxygen atoms in total. The van der Waals surface area contributed by atoms with Gasteiger partial charge in [0.2, 0.25) is 0 Å². The highest BCUT2D eigenvalue weighted by atomic mass is 32.2. The van der Waals surface area contributed by atoms with E-state index in [1.807, 2.05) is 62.4 Å². The highest BCUT2D eigenvalue weighted by Crippen LogP contribution is 2.14. The van der Waals surface area contributed by atoms with Gasteiger partial charge in [0.1, 0.15) is 5.82 Å². The number of aryl methyl sites for hydroxylation is 1. The molecule has 1 heterocycles. The van der Waals surface area contributed by atoms with Crippen molar-refractivity contribution in [3.8, 4) is 0 Å². The Kier molecular flexibility index (Phi) is 6.71. The van der Waals surface area contributed by atoms with Gasteiger partial charge in [-0.15, -0.1) is 0 Å². The molecule has 28 heavy (non-hydrogen) atoms. The smallest absolute Gasteiger partial charge is 0.323 e. The third-order valence-electron chi connectivity index (χ3n) is 4.52. The number of nitrogens with zero attached hydrogens (tertiary/aromatic N) is 3. The Bertz CT molecular complexity index is 1000. The fourth-order valence-electron chi connectivity index (χ4n) is 2.99. The molecule has 0 unspecified atom stereocenters. The van der Waals surface area contributed by atoms with Gasteiger partial charge in [0.05, 0.1) is 10.9 Å². The molecule has 7 heteroatoms. The van der Waals surface area contributed by atoms with Crippen LogP contribution in [-0.4, -0.2) is 33.6 Å². The lowest BCUT2D eigenvalue weighted by atomic mass is 10.2. The van der Waals surface area contributed by atoms with E-state index in [4.69, 9.17) is 0 Å². The van der Waals surface area contributed by atoms with Crippen LogP contribution in [0.1, 0.15) is 19.7 Å². The van der Waals surface area contributed by atoms with Gasteiger partial charge in [0.15, 0.2) is 0 Å². The van der Waals surface area contributed by atoms with Gasteiger partial charge in [-0.1, -0.05) is 37.3 Å². The zero-order valence-corrected chi connectivity index (χ0v) is 16.9. The Labute approximate surface area is 168 Å². The zero-order valence-electron chi connectivity index (χ0n) is 16.1. The minimum atomic E-state index is -0.170. The summed E-state index contributed by atoms with van der Waals surface area (Å²) in [5, 5.41) is 0.604. The van der Waals surface area contributed by atoms with E-state index in [1.54, 1.807) is 15.5 Å². The average molecular weight is 397 g/mol. The number of carbonyl (C=O) groups excluding carboxylic acids is 1. The SMILES string of the molecule is CCc1nc2ccccc2c(=O)n1CCN(CC)C(=O)NSc1ccccc1. The van der Waals surface area contributed by atoms with E-state index in [1.165, 1.54) is 11.9 Å². The topological polar surface area (TPSA) is 67.2 Å². The average Bonchev–Trinajstić information content (AvgIpc) is 2.74. The van der Waals surface area contributed by atoms with Crippen molar-refractivity contribution in [1.82, 2.24) is 19.2 Å². The number of fused-ring (bicyclic) bond motifs is 1. The molecule has 0 saturated carbocycles. The van der Waals surface area contributed by atoms with E-state index in [-0.39, 0.29) is 11.6 Å². The summed E-state index contributed by atoms with van der Waals surface area (Å²) in [7, 11) is 0. The van der Waals surface area contributed by atoms with Crippen LogP contribution in [-0.2, 0) is 13.0 Å². The van der Waals surface area contributed by atoms with Crippen LogP contribution in [0.2, 0.25) is 0 Å². The molecule has 0 saturated heterocycles. The molecule has 1 N–H and O–H groups in total. The Morgan fingerprint density at radius 3 is 2.54 bits per heavy atom. The maximum Gasteiger partial charge on any atom is 0.327 e. The van der Waals surface area contributed by atoms with Gasteiger partial charge in [0.25, 0.3) is 5.56 Å². The molecule has 0 radical (unpaired) electrons. The predicted octanol–water partition coefficient (Wildman–Crippen LogP) is 3.70. The van der Waals surface area contributed by atoms with Gasteiger partial charge in [-0.05, 0) is 43.1 Å². The number of aromatic nitrogens is 2. The molecule has 2 aromatic carbocycles. The number of urea groups is 1. The summed E-state index contributed by atoms with van der Waals surface area (Å²) in [6, 6.07) is 16.9. The Balaban J connectivity index is 1.71. The lowest BCUT2D eigenvalue weighted by molar-refractivity contribution is 0.204. The number of likely N-dealkylation sites (N-methyl/N-ethyl adjacent to an activating group) is 1. The highest BCUT2D eigenvalue weighted by molar-refractivity contribution is 7.98. The number of para-hydroxylation sites is 1. The van der Waals surface area contributed by atoms with Crippen molar-refractivity contribution in [2.45, 2.75) is 31.7 Å². The summed E-state index contributed by atoms with van der Waals surface area (Å²) in [5.41, 5.74) is 0.655. The summed E-state index contributed by atoms with van der Waals surface area (Å²) >= 11 is 1.28. The number of carbonyl (C=O) groups is 1. The van der Waals surface area contributed by atoms with Gasteiger partial charge in [-0.2, -0.15) is 0 Å². The van der Waals surface area contributed by atoms with Crippen molar-refractivity contribution in [2.24, 2.45) is 0 Å². The van der Waals surface area contributed by atoms with Crippen LogP contribution < -0.4 is 10.3 Å². The lowest BCUT2D eigenvalue weighted by Crippen LogP contribution is -2.40. The third kappa shape index (κ3) is 4.54. The van der Waals surface area contributed by atoms with Crippen LogP contribution in [0, 0.1) is 0 Å². The normalized spacial score (nSPS) is 10.8. The first kappa shape index (κ1) is 19.9. The molecule has 0 aliphatic rings. The van der Waals surface area contributed by atoms with Gasteiger partial charge >= 0.3 is 6.03 Å². The summed E-state index contributed by atoms with van der Waals surface area (Å²) in [6.07, 6.45) is 0.655. The fourth-order valence-corrected chi connectivity index (χ4v) is 3.62. The number of rotatable bonds is 7. The lowest BCUT2D eigenvalue weighted by Gasteiger charge is -2.22. The quantitative estimate of drug-likeness (QED) is 0.619. The predicted molar refractivity (Wildman–Crippen MR) is 113 cm³/mol. The highest BCUT2D eigenvalue weighted by Gasteiger charge is 2.14. The number of hydrogen-bond acceptors (Lipinski definition) is 4. The van der Waals surface area contributed by atoms with Crippen molar-refractivity contribution in [2.75, 3.05) is 13.1 Å². The molecule has 2 amide bonds. The van der Waals surface area contributed by atoms with E-state index in [2.05, 4.69) is 9.71 Å². The van der Waals surface area contributed by atoms with Crippen LogP contribution in [0.3, 0.4) is 0 Å². The van der Waals surface area contributed by atoms with Gasteiger partial charge < -0.3 is 4.90 Å². The van der Waals surface area contributed by atoms with Crippen LogP contribution in [0.4, 0.5) is 4.79 Å². The molecule has 3 aromatic rings. The first-order valence-electron chi connectivity index (χ1n) is 9.39. The Hall–Kier alpha value is -2.80. The van der Waals surface area contributed by atoms with Crippen molar-refractivity contribution >= 4 is 28.9 Å². The van der Waals surface area contributed by atoms with E-state index in [0.717, 1.165) is 10.7 Å². The van der Waals surface area contributed by atoms with Crippen LogP contribution >= 0.6 is 11.9 Å². The molecule has 0 spiro atoms. The maximum absolute atomic E-state index is 12.9. The summed E-state index contributed by atoms with van der Waals surface area (Å²) in [6.45, 7) is 5.31. The van der Waals surface area contributed by atoms with Crippen LogP contribution in [0.25, 0.3) is 10.9 Å². The van der Waals surface area contributed by atoms with E-state index >= 15 is 0 Å². The van der Waals surface area contributed by atoms with Crippen molar-refractivity contribution in [1.29, 1.82) is 0 Å². The number of amides is 2. The standard InChI is InChI=1S/C21H24N4O2S/c1-3-19-22-18-13-9-8-12-17(18)20(26)25(19)15-14-24(4-2)21(27)23-28-16-10-6-5-7-11-16/h5-13H,3-4,14-15H2,1-2H3,(H,23,27). The number of nitrogens with one attached hydrogen (secondary N) is 1. The summed E-state index contributed by atoms with van der Waals surface area (Å²) in [4.78, 5) is 32.7. The van der Waals surface area contributed by atoms with E-state index < -0.39 is 0 Å². The van der Waals surface area contributed by atoms with Gasteiger partial charge in [0, 0.05) is 31.0 Å². The van der Waals surface area contributed by atoms with Crippen molar-refractivity contribution < 1.29 is 4.79 Å². The molecule has 0 bridgehead atoms. The minimum Gasteiger partial charge on any atom is -0.323 e. The second-order valence-electron chi connectivity index (χ2n) is 6.26. The molecule has 0 aliphatic carbocycles. The first-order chi connectivity index (χ1) is 13.6.